The minimum absolute atomic E-state index is 0.00591. The lowest BCUT2D eigenvalue weighted by Crippen LogP contribution is -2.23. The molecule has 0 aliphatic carbocycles. The van der Waals surface area contributed by atoms with Crippen LogP contribution < -0.4 is 5.32 Å². The number of nitrogens with zero attached hydrogens (tertiary/aromatic N) is 1. The van der Waals surface area contributed by atoms with Gasteiger partial charge in [0.15, 0.2) is 0 Å². The van der Waals surface area contributed by atoms with Crippen LogP contribution in [-0.4, -0.2) is 16.0 Å². The van der Waals surface area contributed by atoms with Gasteiger partial charge in [-0.2, -0.15) is 0 Å². The van der Waals surface area contributed by atoms with Crippen molar-refractivity contribution in [1.82, 2.24) is 10.3 Å². The van der Waals surface area contributed by atoms with Gasteiger partial charge in [0.25, 0.3) is 5.91 Å². The summed E-state index contributed by atoms with van der Waals surface area (Å²) in [6.07, 6.45) is 1.53. The summed E-state index contributed by atoms with van der Waals surface area (Å²) in [5.74, 6) is -0.282. The quantitative estimate of drug-likeness (QED) is 0.829. The number of aromatic nitrogens is 1. The van der Waals surface area contributed by atoms with Crippen molar-refractivity contribution in [3.05, 3.63) is 62.8 Å². The fraction of sp³-hybridized carbons (Fsp3) is 0.143. The van der Waals surface area contributed by atoms with Crippen LogP contribution in [0.5, 0.6) is 0 Å². The van der Waals surface area contributed by atoms with E-state index in [1.165, 1.54) is 6.20 Å². The van der Waals surface area contributed by atoms with E-state index in [2.05, 4.69) is 26.2 Å². The van der Waals surface area contributed by atoms with Crippen LogP contribution >= 0.6 is 27.5 Å². The molecule has 2 aromatic rings. The molecular weight excluding hydrogens is 344 g/mol. The van der Waals surface area contributed by atoms with E-state index in [0.29, 0.717) is 16.6 Å². The Morgan fingerprint density at radius 1 is 1.30 bits per heavy atom. The van der Waals surface area contributed by atoms with Crippen LogP contribution in [0, 0.1) is 0 Å². The van der Waals surface area contributed by atoms with Crippen molar-refractivity contribution in [2.75, 3.05) is 0 Å². The molecule has 0 fully saturated rings. The first-order chi connectivity index (χ1) is 9.60. The largest absolute Gasteiger partial charge is 0.392 e. The summed E-state index contributed by atoms with van der Waals surface area (Å²) >= 11 is 9.14. The molecular formula is C14H12BrClN2O2. The highest BCUT2D eigenvalue weighted by Gasteiger charge is 2.11. The maximum atomic E-state index is 12.0. The molecule has 0 bridgehead atoms. The van der Waals surface area contributed by atoms with Crippen molar-refractivity contribution in [3.63, 3.8) is 0 Å². The third-order valence-corrected chi connectivity index (χ3v) is 3.44. The standard InChI is InChI=1S/C14H12BrClN2O2/c15-11-5-12(13(16)17-7-11)14(20)18-6-9-1-3-10(8-19)4-2-9/h1-5,7,19H,6,8H2,(H,18,20). The highest BCUT2D eigenvalue weighted by molar-refractivity contribution is 9.10. The van der Waals surface area contributed by atoms with Crippen molar-refractivity contribution in [3.8, 4) is 0 Å². The smallest absolute Gasteiger partial charge is 0.254 e. The van der Waals surface area contributed by atoms with Crippen molar-refractivity contribution >= 4 is 33.4 Å². The minimum atomic E-state index is -0.282. The Balaban J connectivity index is 2.02. The van der Waals surface area contributed by atoms with Gasteiger partial charge in [-0.1, -0.05) is 35.9 Å². The number of amides is 1. The molecule has 0 saturated heterocycles. The zero-order chi connectivity index (χ0) is 14.5. The monoisotopic (exact) mass is 354 g/mol. The number of pyridine rings is 1. The van der Waals surface area contributed by atoms with E-state index in [9.17, 15) is 4.79 Å². The summed E-state index contributed by atoms with van der Waals surface area (Å²) in [6, 6.07) is 8.96. The van der Waals surface area contributed by atoms with Crippen molar-refractivity contribution in [1.29, 1.82) is 0 Å². The Morgan fingerprint density at radius 2 is 1.95 bits per heavy atom. The molecule has 0 atom stereocenters. The molecule has 6 heteroatoms. The van der Waals surface area contributed by atoms with Crippen molar-refractivity contribution < 1.29 is 9.90 Å². The molecule has 4 nitrogen and oxygen atoms in total. The van der Waals surface area contributed by atoms with Crippen LogP contribution in [-0.2, 0) is 13.2 Å². The van der Waals surface area contributed by atoms with Crippen LogP contribution in [0.4, 0.5) is 0 Å². The lowest BCUT2D eigenvalue weighted by Gasteiger charge is -2.07. The van der Waals surface area contributed by atoms with Crippen LogP contribution in [0.1, 0.15) is 21.5 Å². The second kappa shape index (κ2) is 6.83. The first-order valence-electron chi connectivity index (χ1n) is 5.88. The lowest BCUT2D eigenvalue weighted by molar-refractivity contribution is 0.0950. The minimum Gasteiger partial charge on any atom is -0.392 e. The third-order valence-electron chi connectivity index (χ3n) is 2.71. The van der Waals surface area contributed by atoms with Crippen molar-refractivity contribution in [2.45, 2.75) is 13.2 Å². The number of aliphatic hydroxyl groups is 1. The first kappa shape index (κ1) is 15.0. The molecule has 1 aromatic heterocycles. The molecule has 2 N–H and O–H groups in total. The molecule has 1 amide bonds. The Kier molecular flexibility index (Phi) is 5.11. The summed E-state index contributed by atoms with van der Waals surface area (Å²) in [6.45, 7) is 0.388. The van der Waals surface area contributed by atoms with Gasteiger partial charge in [0, 0.05) is 17.2 Å². The molecule has 20 heavy (non-hydrogen) atoms. The molecule has 0 spiro atoms. The highest BCUT2D eigenvalue weighted by atomic mass is 79.9. The lowest BCUT2D eigenvalue weighted by atomic mass is 10.1. The summed E-state index contributed by atoms with van der Waals surface area (Å²) in [5, 5.41) is 11.9. The van der Waals surface area contributed by atoms with Crippen LogP contribution in [0.25, 0.3) is 0 Å². The normalized spacial score (nSPS) is 10.3. The van der Waals surface area contributed by atoms with Crippen molar-refractivity contribution in [2.24, 2.45) is 0 Å². The number of carbonyl (C=O) groups is 1. The second-order valence-corrected chi connectivity index (χ2v) is 5.42. The maximum absolute atomic E-state index is 12.0. The van der Waals surface area contributed by atoms with Gasteiger partial charge >= 0.3 is 0 Å². The van der Waals surface area contributed by atoms with Gasteiger partial charge in [-0.15, -0.1) is 0 Å². The topological polar surface area (TPSA) is 62.2 Å². The summed E-state index contributed by atoms with van der Waals surface area (Å²) in [5.41, 5.74) is 2.10. The molecule has 2 rings (SSSR count). The molecule has 0 radical (unpaired) electrons. The van der Waals surface area contributed by atoms with Crippen LogP contribution in [0.3, 0.4) is 0 Å². The summed E-state index contributed by atoms with van der Waals surface area (Å²) in [4.78, 5) is 15.9. The van der Waals surface area contributed by atoms with Gasteiger partial charge < -0.3 is 10.4 Å². The second-order valence-electron chi connectivity index (χ2n) is 4.15. The van der Waals surface area contributed by atoms with Gasteiger partial charge in [-0.25, -0.2) is 4.98 Å². The van der Waals surface area contributed by atoms with Gasteiger partial charge in [0.05, 0.1) is 12.2 Å². The van der Waals surface area contributed by atoms with E-state index in [4.69, 9.17) is 16.7 Å². The predicted molar refractivity (Wildman–Crippen MR) is 80.5 cm³/mol. The first-order valence-corrected chi connectivity index (χ1v) is 7.05. The molecule has 0 aliphatic heterocycles. The fourth-order valence-corrected chi connectivity index (χ4v) is 2.14. The number of hydrogen-bond donors (Lipinski definition) is 2. The van der Waals surface area contributed by atoms with Gasteiger partial charge in [-0.3, -0.25) is 4.79 Å². The zero-order valence-electron chi connectivity index (χ0n) is 10.4. The molecule has 0 unspecified atom stereocenters. The van der Waals surface area contributed by atoms with Gasteiger partial charge in [0.1, 0.15) is 5.15 Å². The van der Waals surface area contributed by atoms with E-state index in [1.807, 2.05) is 24.3 Å². The van der Waals surface area contributed by atoms with E-state index in [-0.39, 0.29) is 17.7 Å². The molecule has 104 valence electrons. The Morgan fingerprint density at radius 3 is 2.60 bits per heavy atom. The van der Waals surface area contributed by atoms with E-state index in [0.717, 1.165) is 11.1 Å². The SMILES string of the molecule is O=C(NCc1ccc(CO)cc1)c1cc(Br)cnc1Cl. The average molecular weight is 356 g/mol. The Bertz CT molecular complexity index is 617. The zero-order valence-corrected chi connectivity index (χ0v) is 12.8. The Labute approximate surface area is 129 Å². The number of hydrogen-bond acceptors (Lipinski definition) is 3. The summed E-state index contributed by atoms with van der Waals surface area (Å²) in [7, 11) is 0. The number of aliphatic hydroxyl groups excluding tert-OH is 1. The van der Waals surface area contributed by atoms with E-state index < -0.39 is 0 Å². The molecule has 1 heterocycles. The maximum Gasteiger partial charge on any atom is 0.254 e. The predicted octanol–water partition coefficient (Wildman–Crippen LogP) is 2.92. The number of carbonyl (C=O) groups excluding carboxylic acids is 1. The number of rotatable bonds is 4. The number of nitrogens with one attached hydrogen (secondary N) is 1. The number of halogens is 2. The van der Waals surface area contributed by atoms with Gasteiger partial charge in [-0.05, 0) is 33.1 Å². The highest BCUT2D eigenvalue weighted by Crippen LogP contribution is 2.18. The molecule has 0 saturated carbocycles. The fourth-order valence-electron chi connectivity index (χ4n) is 1.62. The van der Waals surface area contributed by atoms with E-state index >= 15 is 0 Å². The van der Waals surface area contributed by atoms with Crippen LogP contribution in [0.2, 0.25) is 5.15 Å². The molecule has 0 aliphatic rings. The van der Waals surface area contributed by atoms with Gasteiger partial charge in [0.2, 0.25) is 0 Å². The average Bonchev–Trinajstić information content (AvgIpc) is 2.47. The number of benzene rings is 1. The van der Waals surface area contributed by atoms with Crippen LogP contribution in [0.15, 0.2) is 41.0 Å². The Hall–Kier alpha value is -1.43. The summed E-state index contributed by atoms with van der Waals surface area (Å²) < 4.78 is 0.694. The van der Waals surface area contributed by atoms with E-state index in [1.54, 1.807) is 6.07 Å². The molecule has 1 aromatic carbocycles. The third kappa shape index (κ3) is 3.79.